The van der Waals surface area contributed by atoms with Crippen molar-refractivity contribution >= 4 is 11.9 Å². The van der Waals surface area contributed by atoms with Gasteiger partial charge in [-0.3, -0.25) is 0 Å². The van der Waals surface area contributed by atoms with Crippen LogP contribution in [-0.2, 0) is 0 Å². The van der Waals surface area contributed by atoms with Gasteiger partial charge in [-0.1, -0.05) is 20.8 Å². The first kappa shape index (κ1) is 13.7. The quantitative estimate of drug-likeness (QED) is 0.876. The van der Waals surface area contributed by atoms with Gasteiger partial charge >= 0.3 is 0 Å². The average molecular weight is 288 g/mol. The number of hydrogen-bond donors (Lipinski definition) is 1. The molecule has 0 saturated carbocycles. The molecule has 1 unspecified atom stereocenters. The van der Waals surface area contributed by atoms with Crippen LogP contribution in [0.15, 0.2) is 12.7 Å². The molecule has 1 fully saturated rings. The molecule has 2 aromatic rings. The first-order valence-corrected chi connectivity index (χ1v) is 7.05. The van der Waals surface area contributed by atoms with Crippen LogP contribution in [-0.4, -0.2) is 42.8 Å². The second kappa shape index (κ2) is 4.94. The van der Waals surface area contributed by atoms with Gasteiger partial charge in [0, 0.05) is 13.1 Å². The van der Waals surface area contributed by atoms with Crippen molar-refractivity contribution in [3.63, 3.8) is 0 Å². The van der Waals surface area contributed by atoms with Gasteiger partial charge < -0.3 is 10.6 Å². The van der Waals surface area contributed by atoms with E-state index in [0.717, 1.165) is 19.5 Å². The van der Waals surface area contributed by atoms with Crippen LogP contribution in [0.25, 0.3) is 5.95 Å². The molecule has 0 aliphatic carbocycles. The standard InChI is InChI=1S/C13H20N8/c1-13(2,3)9-4-5-20(6-9)11-17-10(14)18-12(19-11)21-8-15-7-16-21/h7-9H,4-6H2,1-3H3,(H2,14,17,18,19). The lowest BCUT2D eigenvalue weighted by atomic mass is 9.80. The maximum absolute atomic E-state index is 5.80. The average Bonchev–Trinajstić information content (AvgIpc) is 3.09. The van der Waals surface area contributed by atoms with Gasteiger partial charge in [0.15, 0.2) is 0 Å². The number of nitrogens with zero attached hydrogens (tertiary/aromatic N) is 7. The zero-order chi connectivity index (χ0) is 15.0. The zero-order valence-electron chi connectivity index (χ0n) is 12.6. The number of aromatic nitrogens is 6. The van der Waals surface area contributed by atoms with E-state index < -0.39 is 0 Å². The molecule has 3 rings (SSSR count). The minimum atomic E-state index is 0.199. The van der Waals surface area contributed by atoms with Crippen LogP contribution in [0.2, 0.25) is 0 Å². The van der Waals surface area contributed by atoms with E-state index >= 15 is 0 Å². The molecule has 1 aliphatic rings. The Morgan fingerprint density at radius 1 is 1.19 bits per heavy atom. The SMILES string of the molecule is CC(C)(C)C1CCN(c2nc(N)nc(-n3cncn3)n2)C1. The van der Waals surface area contributed by atoms with E-state index in [0.29, 0.717) is 17.8 Å². The maximum Gasteiger partial charge on any atom is 0.258 e. The van der Waals surface area contributed by atoms with Crippen LogP contribution < -0.4 is 10.6 Å². The Bertz CT molecular complexity index is 616. The maximum atomic E-state index is 5.80. The van der Waals surface area contributed by atoms with Gasteiger partial charge in [0.2, 0.25) is 11.9 Å². The third kappa shape index (κ3) is 2.79. The summed E-state index contributed by atoms with van der Waals surface area (Å²) in [5, 5.41) is 4.03. The topological polar surface area (TPSA) is 98.6 Å². The Hall–Kier alpha value is -2.25. The highest BCUT2D eigenvalue weighted by atomic mass is 15.4. The number of hydrogen-bond acceptors (Lipinski definition) is 7. The summed E-state index contributed by atoms with van der Waals surface area (Å²) >= 11 is 0. The Morgan fingerprint density at radius 2 is 1.95 bits per heavy atom. The molecular weight excluding hydrogens is 268 g/mol. The lowest BCUT2D eigenvalue weighted by Crippen LogP contribution is -2.27. The molecule has 1 saturated heterocycles. The predicted molar refractivity (Wildman–Crippen MR) is 78.9 cm³/mol. The minimum absolute atomic E-state index is 0.199. The first-order valence-electron chi connectivity index (χ1n) is 7.05. The third-order valence-corrected chi connectivity index (χ3v) is 3.95. The van der Waals surface area contributed by atoms with Crippen molar-refractivity contribution in [1.82, 2.24) is 29.7 Å². The van der Waals surface area contributed by atoms with Gasteiger partial charge in [-0.2, -0.15) is 24.7 Å². The molecule has 8 heteroatoms. The summed E-state index contributed by atoms with van der Waals surface area (Å²) in [7, 11) is 0. The molecule has 0 spiro atoms. The van der Waals surface area contributed by atoms with Crippen molar-refractivity contribution in [3.05, 3.63) is 12.7 Å². The molecule has 1 aliphatic heterocycles. The molecular formula is C13H20N8. The molecule has 2 N–H and O–H groups in total. The van der Waals surface area contributed by atoms with Gasteiger partial charge in [-0.05, 0) is 17.8 Å². The molecule has 1 atom stereocenters. The van der Waals surface area contributed by atoms with Gasteiger partial charge in [0.05, 0.1) is 0 Å². The normalized spacial score (nSPS) is 19.2. The Labute approximate surface area is 123 Å². The summed E-state index contributed by atoms with van der Waals surface area (Å²) in [6.07, 6.45) is 4.11. The van der Waals surface area contributed by atoms with Gasteiger partial charge in [-0.25, -0.2) is 4.98 Å². The van der Waals surface area contributed by atoms with Crippen molar-refractivity contribution in [2.75, 3.05) is 23.7 Å². The predicted octanol–water partition coefficient (Wildman–Crippen LogP) is 0.907. The number of nitrogen functional groups attached to an aromatic ring is 1. The highest BCUT2D eigenvalue weighted by Crippen LogP contribution is 2.34. The molecule has 3 heterocycles. The van der Waals surface area contributed by atoms with E-state index in [2.05, 4.69) is 50.7 Å². The summed E-state index contributed by atoms with van der Waals surface area (Å²) in [5.41, 5.74) is 6.08. The minimum Gasteiger partial charge on any atom is -0.368 e. The third-order valence-electron chi connectivity index (χ3n) is 3.95. The van der Waals surface area contributed by atoms with Crippen molar-refractivity contribution in [2.24, 2.45) is 11.3 Å². The summed E-state index contributed by atoms with van der Waals surface area (Å²) in [4.78, 5) is 18.9. The lowest BCUT2D eigenvalue weighted by molar-refractivity contribution is 0.263. The Balaban J connectivity index is 1.87. The molecule has 0 amide bonds. The largest absolute Gasteiger partial charge is 0.368 e. The molecule has 0 radical (unpaired) electrons. The molecule has 2 aromatic heterocycles. The van der Waals surface area contributed by atoms with Crippen LogP contribution in [0.4, 0.5) is 11.9 Å². The first-order chi connectivity index (χ1) is 9.93. The molecule has 0 bridgehead atoms. The van der Waals surface area contributed by atoms with Crippen molar-refractivity contribution < 1.29 is 0 Å². The number of rotatable bonds is 2. The Morgan fingerprint density at radius 3 is 2.57 bits per heavy atom. The van der Waals surface area contributed by atoms with Crippen molar-refractivity contribution in [2.45, 2.75) is 27.2 Å². The summed E-state index contributed by atoms with van der Waals surface area (Å²) in [6, 6.07) is 0. The van der Waals surface area contributed by atoms with Gasteiger partial charge in [0.1, 0.15) is 12.7 Å². The van der Waals surface area contributed by atoms with E-state index in [1.807, 2.05) is 0 Å². The van der Waals surface area contributed by atoms with Crippen LogP contribution in [0.1, 0.15) is 27.2 Å². The monoisotopic (exact) mass is 288 g/mol. The van der Waals surface area contributed by atoms with Crippen LogP contribution in [0, 0.1) is 11.3 Å². The second-order valence-electron chi connectivity index (χ2n) is 6.43. The molecule has 112 valence electrons. The van der Waals surface area contributed by atoms with Crippen molar-refractivity contribution in [3.8, 4) is 5.95 Å². The van der Waals surface area contributed by atoms with E-state index in [4.69, 9.17) is 5.73 Å². The fourth-order valence-electron chi connectivity index (χ4n) is 2.57. The Kier molecular flexibility index (Phi) is 3.23. The van der Waals surface area contributed by atoms with Crippen LogP contribution in [0.3, 0.4) is 0 Å². The van der Waals surface area contributed by atoms with Crippen LogP contribution >= 0.6 is 0 Å². The summed E-state index contributed by atoms with van der Waals surface area (Å²) < 4.78 is 1.48. The van der Waals surface area contributed by atoms with E-state index in [1.165, 1.54) is 11.0 Å². The second-order valence-corrected chi connectivity index (χ2v) is 6.43. The van der Waals surface area contributed by atoms with Gasteiger partial charge in [0.25, 0.3) is 5.95 Å². The number of anilines is 2. The fraction of sp³-hybridized carbons (Fsp3) is 0.615. The van der Waals surface area contributed by atoms with Gasteiger partial charge in [-0.15, -0.1) is 0 Å². The smallest absolute Gasteiger partial charge is 0.258 e. The van der Waals surface area contributed by atoms with Crippen molar-refractivity contribution in [1.29, 1.82) is 0 Å². The van der Waals surface area contributed by atoms with Crippen LogP contribution in [0.5, 0.6) is 0 Å². The lowest BCUT2D eigenvalue weighted by Gasteiger charge is -2.26. The molecule has 0 aromatic carbocycles. The highest BCUT2D eigenvalue weighted by Gasteiger charge is 2.33. The summed E-state index contributed by atoms with van der Waals surface area (Å²) in [5.74, 6) is 1.82. The highest BCUT2D eigenvalue weighted by molar-refractivity contribution is 5.38. The molecule has 8 nitrogen and oxygen atoms in total. The zero-order valence-corrected chi connectivity index (χ0v) is 12.6. The summed E-state index contributed by atoms with van der Waals surface area (Å²) in [6.45, 7) is 8.67. The number of nitrogens with two attached hydrogens (primary N) is 1. The van der Waals surface area contributed by atoms with E-state index in [-0.39, 0.29) is 11.4 Å². The fourth-order valence-corrected chi connectivity index (χ4v) is 2.57. The van der Waals surface area contributed by atoms with E-state index in [1.54, 1.807) is 6.33 Å². The van der Waals surface area contributed by atoms with E-state index in [9.17, 15) is 0 Å². The molecule has 21 heavy (non-hydrogen) atoms.